The van der Waals surface area contributed by atoms with Crippen LogP contribution in [0.2, 0.25) is 0 Å². The Hall–Kier alpha value is -2.11. The van der Waals surface area contributed by atoms with E-state index in [9.17, 15) is 0 Å². The second-order valence-corrected chi connectivity index (χ2v) is 8.08. The van der Waals surface area contributed by atoms with E-state index in [-0.39, 0.29) is 12.3 Å². The Morgan fingerprint density at radius 2 is 1.96 bits per heavy atom. The topological polar surface area (TPSA) is 24.8 Å². The van der Waals surface area contributed by atoms with E-state index in [4.69, 9.17) is 9.84 Å². The van der Waals surface area contributed by atoms with E-state index in [0.717, 1.165) is 22.4 Å². The van der Waals surface area contributed by atoms with Crippen molar-refractivity contribution in [2.45, 2.75) is 18.7 Å². The molecular formula is C20H15BrN2OS. The van der Waals surface area contributed by atoms with Crippen LogP contribution in [0, 0.1) is 0 Å². The van der Waals surface area contributed by atoms with E-state index >= 15 is 0 Å². The van der Waals surface area contributed by atoms with Gasteiger partial charge in [0.15, 0.2) is 0 Å². The second kappa shape index (κ2) is 6.00. The predicted octanol–water partition coefficient (Wildman–Crippen LogP) is 5.75. The Labute approximate surface area is 158 Å². The first-order chi connectivity index (χ1) is 12.3. The van der Waals surface area contributed by atoms with E-state index in [0.29, 0.717) is 0 Å². The maximum atomic E-state index is 6.34. The van der Waals surface area contributed by atoms with Gasteiger partial charge in [-0.2, -0.15) is 5.10 Å². The molecule has 2 aliphatic rings. The molecule has 0 saturated carbocycles. The molecule has 0 aliphatic carbocycles. The zero-order chi connectivity index (χ0) is 16.8. The predicted molar refractivity (Wildman–Crippen MR) is 104 cm³/mol. The summed E-state index contributed by atoms with van der Waals surface area (Å²) in [4.78, 5) is 1.18. The fraction of sp³-hybridized carbons (Fsp3) is 0.150. The number of hydrogen-bond donors (Lipinski definition) is 0. The van der Waals surface area contributed by atoms with E-state index in [1.54, 1.807) is 11.3 Å². The first-order valence-corrected chi connectivity index (χ1v) is 9.87. The minimum absolute atomic E-state index is 0.167. The van der Waals surface area contributed by atoms with Crippen molar-refractivity contribution in [3.05, 3.63) is 86.5 Å². The minimum Gasteiger partial charge on any atom is -0.464 e. The number of rotatable bonds is 2. The average molecular weight is 411 g/mol. The minimum atomic E-state index is -0.167. The lowest BCUT2D eigenvalue weighted by molar-refractivity contribution is -0.0166. The van der Waals surface area contributed by atoms with Gasteiger partial charge in [-0.3, -0.25) is 0 Å². The molecule has 0 amide bonds. The number of fused-ring (bicyclic) bond motifs is 3. The molecule has 0 saturated heterocycles. The van der Waals surface area contributed by atoms with Crippen LogP contribution in [-0.4, -0.2) is 10.7 Å². The Kier molecular flexibility index (Phi) is 3.64. The lowest BCUT2D eigenvalue weighted by Gasteiger charge is -2.37. The SMILES string of the molecule is Brc1ccc2c(c1)[C@@H]1CC(c3ccccc3)=NN1[C@H](c1cccs1)O2. The van der Waals surface area contributed by atoms with Gasteiger partial charge < -0.3 is 4.74 Å². The molecule has 0 fully saturated rings. The summed E-state index contributed by atoms with van der Waals surface area (Å²) >= 11 is 5.30. The van der Waals surface area contributed by atoms with Gasteiger partial charge >= 0.3 is 0 Å². The average Bonchev–Trinajstić information content (AvgIpc) is 3.32. The van der Waals surface area contributed by atoms with E-state index in [1.807, 2.05) is 12.1 Å². The summed E-state index contributed by atoms with van der Waals surface area (Å²) in [6, 6.07) is 21.0. The van der Waals surface area contributed by atoms with Crippen LogP contribution in [0.5, 0.6) is 5.75 Å². The molecule has 0 unspecified atom stereocenters. The molecular weight excluding hydrogens is 396 g/mol. The Bertz CT molecular complexity index is 940. The van der Waals surface area contributed by atoms with Gasteiger partial charge in [0, 0.05) is 16.5 Å². The number of halogens is 1. The lowest BCUT2D eigenvalue weighted by Crippen LogP contribution is -2.33. The molecule has 124 valence electrons. The van der Waals surface area contributed by atoms with Gasteiger partial charge in [0.1, 0.15) is 5.75 Å². The van der Waals surface area contributed by atoms with Crippen LogP contribution in [0.25, 0.3) is 0 Å². The molecule has 0 spiro atoms. The van der Waals surface area contributed by atoms with Gasteiger partial charge in [-0.05, 0) is 35.2 Å². The number of benzene rings is 2. The monoisotopic (exact) mass is 410 g/mol. The molecule has 0 radical (unpaired) electrons. The number of nitrogens with zero attached hydrogens (tertiary/aromatic N) is 2. The highest BCUT2D eigenvalue weighted by Gasteiger charge is 2.41. The van der Waals surface area contributed by atoms with Crippen LogP contribution in [0.15, 0.2) is 75.6 Å². The normalized spacial score (nSPS) is 21.3. The summed E-state index contributed by atoms with van der Waals surface area (Å²) < 4.78 is 7.41. The quantitative estimate of drug-likeness (QED) is 0.536. The van der Waals surface area contributed by atoms with E-state index in [2.05, 4.69) is 74.8 Å². The number of ether oxygens (including phenoxy) is 1. The van der Waals surface area contributed by atoms with Gasteiger partial charge in [0.25, 0.3) is 0 Å². The summed E-state index contributed by atoms with van der Waals surface area (Å²) in [5, 5.41) is 9.18. The number of hydrazone groups is 1. The zero-order valence-electron chi connectivity index (χ0n) is 13.3. The first kappa shape index (κ1) is 15.2. The largest absolute Gasteiger partial charge is 0.464 e. The van der Waals surface area contributed by atoms with Gasteiger partial charge in [-0.15, -0.1) is 11.3 Å². The fourth-order valence-corrected chi connectivity index (χ4v) is 4.61. The van der Waals surface area contributed by atoms with Gasteiger partial charge in [0.05, 0.1) is 16.6 Å². The maximum Gasteiger partial charge on any atom is 0.222 e. The molecule has 0 bridgehead atoms. The van der Waals surface area contributed by atoms with Crippen LogP contribution in [-0.2, 0) is 0 Å². The first-order valence-electron chi connectivity index (χ1n) is 8.20. The molecule has 0 N–H and O–H groups in total. The number of thiophene rings is 1. The summed E-state index contributed by atoms with van der Waals surface area (Å²) in [5.41, 5.74) is 3.49. The van der Waals surface area contributed by atoms with Crippen LogP contribution >= 0.6 is 27.3 Å². The molecule has 5 heteroatoms. The van der Waals surface area contributed by atoms with Crippen LogP contribution in [0.3, 0.4) is 0 Å². The van der Waals surface area contributed by atoms with Gasteiger partial charge in [-0.25, -0.2) is 5.01 Å². The Morgan fingerprint density at radius 3 is 2.76 bits per heavy atom. The zero-order valence-corrected chi connectivity index (χ0v) is 15.7. The van der Waals surface area contributed by atoms with E-state index < -0.39 is 0 Å². The third-order valence-corrected chi connectivity index (χ3v) is 6.04. The van der Waals surface area contributed by atoms with Crippen molar-refractivity contribution in [2.75, 3.05) is 0 Å². The van der Waals surface area contributed by atoms with Crippen LogP contribution in [0.4, 0.5) is 0 Å². The summed E-state index contributed by atoms with van der Waals surface area (Å²) in [5.74, 6) is 0.951. The molecule has 2 aromatic carbocycles. The smallest absolute Gasteiger partial charge is 0.222 e. The summed E-state index contributed by atoms with van der Waals surface area (Å²) in [7, 11) is 0. The van der Waals surface area contributed by atoms with Crippen molar-refractivity contribution in [3.63, 3.8) is 0 Å². The number of hydrogen-bond acceptors (Lipinski definition) is 4. The third-order valence-electron chi connectivity index (χ3n) is 4.65. The molecule has 3 nitrogen and oxygen atoms in total. The molecule has 3 heterocycles. The standard InChI is InChI=1S/C20H15BrN2OS/c21-14-8-9-18-15(11-14)17-12-16(13-5-2-1-3-6-13)22-23(17)20(24-18)19-7-4-10-25-19/h1-11,17,20H,12H2/t17-,20-/m0/s1. The third kappa shape index (κ3) is 2.58. The summed E-state index contributed by atoms with van der Waals surface area (Å²) in [6.45, 7) is 0. The summed E-state index contributed by atoms with van der Waals surface area (Å²) in [6.07, 6.45) is 0.721. The van der Waals surface area contributed by atoms with Crippen molar-refractivity contribution in [2.24, 2.45) is 5.10 Å². The van der Waals surface area contributed by atoms with Crippen molar-refractivity contribution < 1.29 is 4.74 Å². The molecule has 5 rings (SSSR count). The fourth-order valence-electron chi connectivity index (χ4n) is 3.48. The Balaban J connectivity index is 1.61. The van der Waals surface area contributed by atoms with Crippen molar-refractivity contribution >= 4 is 33.0 Å². The van der Waals surface area contributed by atoms with Crippen molar-refractivity contribution in [1.29, 1.82) is 0 Å². The lowest BCUT2D eigenvalue weighted by atomic mass is 9.96. The Morgan fingerprint density at radius 1 is 1.08 bits per heavy atom. The molecule has 25 heavy (non-hydrogen) atoms. The highest BCUT2D eigenvalue weighted by molar-refractivity contribution is 9.10. The van der Waals surface area contributed by atoms with Crippen molar-refractivity contribution in [3.8, 4) is 5.75 Å². The highest BCUT2D eigenvalue weighted by atomic mass is 79.9. The van der Waals surface area contributed by atoms with Crippen LogP contribution in [0.1, 0.15) is 34.7 Å². The molecule has 2 atom stereocenters. The van der Waals surface area contributed by atoms with Gasteiger partial charge in [-0.1, -0.05) is 52.3 Å². The van der Waals surface area contributed by atoms with Gasteiger partial charge in [0.2, 0.25) is 6.23 Å². The highest BCUT2D eigenvalue weighted by Crippen LogP contribution is 2.48. The van der Waals surface area contributed by atoms with E-state index in [1.165, 1.54) is 16.0 Å². The van der Waals surface area contributed by atoms with Crippen molar-refractivity contribution in [1.82, 2.24) is 5.01 Å². The van der Waals surface area contributed by atoms with Crippen LogP contribution < -0.4 is 4.74 Å². The second-order valence-electron chi connectivity index (χ2n) is 6.18. The molecule has 2 aliphatic heterocycles. The molecule has 3 aromatic rings. The molecule has 1 aromatic heterocycles. The maximum absolute atomic E-state index is 6.34.